The van der Waals surface area contributed by atoms with Crippen molar-refractivity contribution in [1.82, 2.24) is 24.7 Å². The van der Waals surface area contributed by atoms with Gasteiger partial charge in [0.25, 0.3) is 5.91 Å². The van der Waals surface area contributed by atoms with E-state index < -0.39 is 6.04 Å². The topological polar surface area (TPSA) is 86.7 Å². The van der Waals surface area contributed by atoms with Crippen molar-refractivity contribution in [1.29, 1.82) is 0 Å². The van der Waals surface area contributed by atoms with Crippen LogP contribution >= 0.6 is 0 Å². The molecule has 0 bridgehead atoms. The monoisotopic (exact) mass is 305 g/mol. The summed E-state index contributed by atoms with van der Waals surface area (Å²) in [5.41, 5.74) is 0.190. The van der Waals surface area contributed by atoms with Crippen molar-refractivity contribution >= 4 is 17.7 Å². The first-order chi connectivity index (χ1) is 10.4. The van der Waals surface area contributed by atoms with Gasteiger partial charge in [0.2, 0.25) is 11.8 Å². The van der Waals surface area contributed by atoms with Crippen LogP contribution < -0.4 is 0 Å². The smallest absolute Gasteiger partial charge is 0.274 e. The van der Waals surface area contributed by atoms with Gasteiger partial charge < -0.3 is 14.7 Å². The standard InChI is InChI=1S/C14H19N5O3/c1-10(20)18-6-7-19(12(9-18)14(22)17(2)3)13(21)11-8-15-4-5-16-11/h4-5,8,12H,6-7,9H2,1-3H3/t12-/m0/s1. The van der Waals surface area contributed by atoms with Gasteiger partial charge in [0.1, 0.15) is 11.7 Å². The number of amides is 3. The third-order valence-electron chi connectivity index (χ3n) is 3.59. The molecule has 1 aromatic rings. The van der Waals surface area contributed by atoms with Crippen molar-refractivity contribution in [3.8, 4) is 0 Å². The van der Waals surface area contributed by atoms with Crippen molar-refractivity contribution in [2.45, 2.75) is 13.0 Å². The van der Waals surface area contributed by atoms with Crippen molar-refractivity contribution in [3.05, 3.63) is 24.3 Å². The van der Waals surface area contributed by atoms with E-state index in [0.717, 1.165) is 0 Å². The predicted molar refractivity (Wildman–Crippen MR) is 77.8 cm³/mol. The first-order valence-electron chi connectivity index (χ1n) is 6.95. The summed E-state index contributed by atoms with van der Waals surface area (Å²) in [5, 5.41) is 0. The fourth-order valence-electron chi connectivity index (χ4n) is 2.38. The Labute approximate surface area is 128 Å². The molecule has 2 rings (SSSR count). The summed E-state index contributed by atoms with van der Waals surface area (Å²) in [7, 11) is 3.25. The molecule has 0 spiro atoms. The molecule has 1 saturated heterocycles. The van der Waals surface area contributed by atoms with Crippen molar-refractivity contribution < 1.29 is 14.4 Å². The van der Waals surface area contributed by atoms with E-state index in [1.54, 1.807) is 19.0 Å². The number of hydrogen-bond donors (Lipinski definition) is 0. The molecule has 1 aromatic heterocycles. The minimum atomic E-state index is -0.706. The van der Waals surface area contributed by atoms with Crippen LogP contribution in [0.25, 0.3) is 0 Å². The predicted octanol–water partition coefficient (Wildman–Crippen LogP) is -0.762. The molecule has 0 aliphatic carbocycles. The molecule has 1 aliphatic rings. The SMILES string of the molecule is CC(=O)N1CCN(C(=O)c2cnccn2)[C@H](C(=O)N(C)C)C1. The second-order valence-corrected chi connectivity index (χ2v) is 5.30. The Kier molecular flexibility index (Phi) is 4.69. The number of piperazine rings is 1. The molecule has 118 valence electrons. The van der Waals surface area contributed by atoms with Crippen LogP contribution in [0.1, 0.15) is 17.4 Å². The van der Waals surface area contributed by atoms with E-state index in [2.05, 4.69) is 9.97 Å². The molecule has 0 saturated carbocycles. The maximum Gasteiger partial charge on any atom is 0.274 e. The number of carbonyl (C=O) groups is 3. The second kappa shape index (κ2) is 6.50. The molecule has 0 unspecified atom stereocenters. The Balaban J connectivity index is 2.26. The van der Waals surface area contributed by atoms with Crippen LogP contribution in [0.3, 0.4) is 0 Å². The van der Waals surface area contributed by atoms with Crippen LogP contribution in [0.15, 0.2) is 18.6 Å². The highest BCUT2D eigenvalue weighted by molar-refractivity contribution is 5.96. The Morgan fingerprint density at radius 3 is 2.50 bits per heavy atom. The zero-order chi connectivity index (χ0) is 16.3. The molecule has 8 nitrogen and oxygen atoms in total. The molecule has 8 heteroatoms. The van der Waals surface area contributed by atoms with E-state index in [0.29, 0.717) is 13.1 Å². The minimum absolute atomic E-state index is 0.108. The van der Waals surface area contributed by atoms with Gasteiger partial charge in [-0.2, -0.15) is 0 Å². The second-order valence-electron chi connectivity index (χ2n) is 5.30. The molecular formula is C14H19N5O3. The van der Waals surface area contributed by atoms with Gasteiger partial charge in [-0.3, -0.25) is 19.4 Å². The van der Waals surface area contributed by atoms with E-state index in [-0.39, 0.29) is 30.0 Å². The summed E-state index contributed by atoms with van der Waals surface area (Å²) < 4.78 is 0. The third-order valence-corrected chi connectivity index (χ3v) is 3.59. The van der Waals surface area contributed by atoms with Crippen LogP contribution in [0.2, 0.25) is 0 Å². The normalized spacial score (nSPS) is 18.0. The Hall–Kier alpha value is -2.51. The van der Waals surface area contributed by atoms with Crippen LogP contribution in [-0.4, -0.2) is 82.2 Å². The number of hydrogen-bond acceptors (Lipinski definition) is 5. The Bertz CT molecular complexity index is 575. The van der Waals surface area contributed by atoms with E-state index in [4.69, 9.17) is 0 Å². The fraction of sp³-hybridized carbons (Fsp3) is 0.500. The number of carbonyl (C=O) groups excluding carboxylic acids is 3. The van der Waals surface area contributed by atoms with Gasteiger partial charge in [-0.1, -0.05) is 0 Å². The van der Waals surface area contributed by atoms with E-state index >= 15 is 0 Å². The molecule has 2 heterocycles. The quantitative estimate of drug-likeness (QED) is 0.716. The average Bonchev–Trinajstić information content (AvgIpc) is 2.53. The van der Waals surface area contributed by atoms with Crippen LogP contribution in [0.4, 0.5) is 0 Å². The first-order valence-corrected chi connectivity index (χ1v) is 6.95. The van der Waals surface area contributed by atoms with E-state index in [9.17, 15) is 14.4 Å². The minimum Gasteiger partial charge on any atom is -0.347 e. The molecule has 0 N–H and O–H groups in total. The lowest BCUT2D eigenvalue weighted by Gasteiger charge is -2.40. The van der Waals surface area contributed by atoms with Crippen LogP contribution in [0.5, 0.6) is 0 Å². The van der Waals surface area contributed by atoms with Gasteiger partial charge in [-0.25, -0.2) is 4.98 Å². The Morgan fingerprint density at radius 1 is 1.23 bits per heavy atom. The molecule has 22 heavy (non-hydrogen) atoms. The van der Waals surface area contributed by atoms with E-state index in [1.807, 2.05) is 0 Å². The highest BCUT2D eigenvalue weighted by atomic mass is 16.2. The number of likely N-dealkylation sites (N-methyl/N-ethyl adjacent to an activating group) is 1. The largest absolute Gasteiger partial charge is 0.347 e. The molecule has 0 radical (unpaired) electrons. The number of nitrogens with zero attached hydrogens (tertiary/aromatic N) is 5. The van der Waals surface area contributed by atoms with Crippen molar-refractivity contribution in [3.63, 3.8) is 0 Å². The van der Waals surface area contributed by atoms with Gasteiger partial charge in [0, 0.05) is 46.5 Å². The first kappa shape index (κ1) is 15.9. The fourth-order valence-corrected chi connectivity index (χ4v) is 2.38. The lowest BCUT2D eigenvalue weighted by atomic mass is 10.1. The van der Waals surface area contributed by atoms with Gasteiger partial charge in [0.15, 0.2) is 0 Å². The molecule has 3 amide bonds. The summed E-state index contributed by atoms with van der Waals surface area (Å²) in [5.74, 6) is -0.678. The molecule has 1 aliphatic heterocycles. The molecule has 0 aromatic carbocycles. The summed E-state index contributed by atoms with van der Waals surface area (Å²) >= 11 is 0. The van der Waals surface area contributed by atoms with Gasteiger partial charge in [-0.05, 0) is 0 Å². The number of rotatable bonds is 2. The molecule has 1 fully saturated rings. The zero-order valence-corrected chi connectivity index (χ0v) is 12.9. The lowest BCUT2D eigenvalue weighted by Crippen LogP contribution is -2.61. The van der Waals surface area contributed by atoms with Gasteiger partial charge >= 0.3 is 0 Å². The maximum absolute atomic E-state index is 12.6. The highest BCUT2D eigenvalue weighted by Crippen LogP contribution is 2.15. The summed E-state index contributed by atoms with van der Waals surface area (Å²) in [6.45, 7) is 2.34. The van der Waals surface area contributed by atoms with Crippen LogP contribution in [-0.2, 0) is 9.59 Å². The van der Waals surface area contributed by atoms with Crippen LogP contribution in [0, 0.1) is 0 Å². The molecule has 1 atom stereocenters. The third kappa shape index (κ3) is 3.21. The summed E-state index contributed by atoms with van der Waals surface area (Å²) in [6.07, 6.45) is 4.28. The van der Waals surface area contributed by atoms with Crippen molar-refractivity contribution in [2.24, 2.45) is 0 Å². The molecular weight excluding hydrogens is 286 g/mol. The van der Waals surface area contributed by atoms with Gasteiger partial charge in [-0.15, -0.1) is 0 Å². The van der Waals surface area contributed by atoms with Crippen molar-refractivity contribution in [2.75, 3.05) is 33.7 Å². The average molecular weight is 305 g/mol. The van der Waals surface area contributed by atoms with Gasteiger partial charge in [0.05, 0.1) is 12.7 Å². The van der Waals surface area contributed by atoms with E-state index in [1.165, 1.54) is 35.3 Å². The summed E-state index contributed by atoms with van der Waals surface area (Å²) in [4.78, 5) is 48.8. The Morgan fingerprint density at radius 2 is 1.95 bits per heavy atom. The number of aromatic nitrogens is 2. The maximum atomic E-state index is 12.6. The lowest BCUT2D eigenvalue weighted by molar-refractivity contribution is -0.139. The highest BCUT2D eigenvalue weighted by Gasteiger charge is 2.37. The zero-order valence-electron chi connectivity index (χ0n) is 12.9. The summed E-state index contributed by atoms with van der Waals surface area (Å²) in [6, 6.07) is -0.706.